The smallest absolute Gasteiger partial charge is 0.0979 e. The molecule has 0 aliphatic rings. The van der Waals surface area contributed by atoms with Gasteiger partial charge in [0.1, 0.15) is 0 Å². The lowest BCUT2D eigenvalue weighted by Crippen LogP contribution is -2.14. The normalized spacial score (nSPS) is 13.7. The van der Waals surface area contributed by atoms with Gasteiger partial charge >= 0.3 is 0 Å². The molecule has 2 heteroatoms. The molecule has 0 amide bonds. The molecule has 0 bridgehead atoms. The van der Waals surface area contributed by atoms with Gasteiger partial charge in [0, 0.05) is 5.69 Å². The maximum Gasteiger partial charge on any atom is 0.0979 e. The first kappa shape index (κ1) is 18.3. The molecule has 0 aromatic heterocycles. The Bertz CT molecular complexity index is 691. The van der Waals surface area contributed by atoms with E-state index in [1.807, 2.05) is 13.0 Å². The van der Waals surface area contributed by atoms with Crippen molar-refractivity contribution < 1.29 is 0 Å². The van der Waals surface area contributed by atoms with Gasteiger partial charge in [-0.15, -0.1) is 0 Å². The molecule has 2 aromatic carbocycles. The van der Waals surface area contributed by atoms with E-state index in [0.29, 0.717) is 0 Å². The summed E-state index contributed by atoms with van der Waals surface area (Å²) in [7, 11) is 0. The van der Waals surface area contributed by atoms with E-state index >= 15 is 0 Å². The molecule has 0 aliphatic heterocycles. The highest BCUT2D eigenvalue weighted by atomic mass is 15.0. The van der Waals surface area contributed by atoms with E-state index in [0.717, 1.165) is 17.9 Å². The number of para-hydroxylation sites is 1. The van der Waals surface area contributed by atoms with Crippen LogP contribution in [0.25, 0.3) is 0 Å². The van der Waals surface area contributed by atoms with Crippen LogP contribution in [-0.2, 0) is 11.8 Å². The van der Waals surface area contributed by atoms with E-state index in [1.54, 1.807) is 0 Å². The van der Waals surface area contributed by atoms with Crippen molar-refractivity contribution in [3.63, 3.8) is 0 Å². The fourth-order valence-corrected chi connectivity index (χ4v) is 2.80. The van der Waals surface area contributed by atoms with Crippen LogP contribution in [-0.4, -0.2) is 11.9 Å². The molecule has 24 heavy (non-hydrogen) atoms. The summed E-state index contributed by atoms with van der Waals surface area (Å²) in [5.41, 5.74) is 5.27. The zero-order valence-corrected chi connectivity index (χ0v) is 15.9. The number of aliphatic imine (C=N–C) groups is 1. The Morgan fingerprint density at radius 1 is 1.04 bits per heavy atom. The van der Waals surface area contributed by atoms with Crippen molar-refractivity contribution in [1.29, 1.82) is 0 Å². The first-order valence-corrected chi connectivity index (χ1v) is 8.72. The SMILES string of the molecule is CC(=NC(C)Cc1ccc(C(C)(C)C)cc1)Nc1ccccc1C. The average Bonchev–Trinajstić information content (AvgIpc) is 2.49. The molecule has 0 heterocycles. The summed E-state index contributed by atoms with van der Waals surface area (Å²) in [5, 5.41) is 3.41. The molecule has 1 unspecified atom stereocenters. The van der Waals surface area contributed by atoms with E-state index in [4.69, 9.17) is 4.99 Å². The number of nitrogens with one attached hydrogen (secondary N) is 1. The molecule has 0 radical (unpaired) electrons. The molecule has 2 nitrogen and oxygen atoms in total. The summed E-state index contributed by atoms with van der Waals surface area (Å²) in [6, 6.07) is 17.5. The molecule has 2 rings (SSSR count). The molecule has 1 atom stereocenters. The summed E-state index contributed by atoms with van der Waals surface area (Å²) in [6.07, 6.45) is 0.956. The Morgan fingerprint density at radius 3 is 2.25 bits per heavy atom. The predicted octanol–water partition coefficient (Wildman–Crippen LogP) is 5.75. The first-order chi connectivity index (χ1) is 11.3. The predicted molar refractivity (Wildman–Crippen MR) is 106 cm³/mol. The summed E-state index contributed by atoms with van der Waals surface area (Å²) >= 11 is 0. The number of benzene rings is 2. The minimum atomic E-state index is 0.205. The Kier molecular flexibility index (Phi) is 5.82. The van der Waals surface area contributed by atoms with Crippen molar-refractivity contribution in [3.05, 3.63) is 65.2 Å². The molecule has 2 aromatic rings. The Labute approximate surface area is 147 Å². The zero-order valence-electron chi connectivity index (χ0n) is 15.9. The van der Waals surface area contributed by atoms with Crippen molar-refractivity contribution >= 4 is 11.5 Å². The van der Waals surface area contributed by atoms with Crippen LogP contribution in [0, 0.1) is 6.92 Å². The van der Waals surface area contributed by atoms with Gasteiger partial charge in [-0.25, -0.2) is 0 Å². The van der Waals surface area contributed by atoms with E-state index in [-0.39, 0.29) is 11.5 Å². The standard InChI is InChI=1S/C22H30N2/c1-16-9-7-8-10-21(16)24-18(3)23-17(2)15-19-11-13-20(14-12-19)22(4,5)6/h7-14,17H,15H2,1-6H3,(H,23,24). The van der Waals surface area contributed by atoms with Crippen molar-refractivity contribution in [2.75, 3.05) is 5.32 Å². The Morgan fingerprint density at radius 2 is 1.67 bits per heavy atom. The van der Waals surface area contributed by atoms with Gasteiger partial charge < -0.3 is 5.32 Å². The van der Waals surface area contributed by atoms with Crippen molar-refractivity contribution in [3.8, 4) is 0 Å². The van der Waals surface area contributed by atoms with Crippen molar-refractivity contribution in [2.24, 2.45) is 4.99 Å². The number of amidine groups is 1. The minimum Gasteiger partial charge on any atom is -0.344 e. The molecular weight excluding hydrogens is 292 g/mol. The van der Waals surface area contributed by atoms with Gasteiger partial charge in [0.25, 0.3) is 0 Å². The van der Waals surface area contributed by atoms with Crippen LogP contribution in [0.1, 0.15) is 51.3 Å². The number of hydrogen-bond acceptors (Lipinski definition) is 1. The Balaban J connectivity index is 1.99. The molecule has 0 saturated heterocycles. The highest BCUT2D eigenvalue weighted by Crippen LogP contribution is 2.22. The number of anilines is 1. The van der Waals surface area contributed by atoms with Gasteiger partial charge in [-0.2, -0.15) is 0 Å². The summed E-state index contributed by atoms with van der Waals surface area (Å²) < 4.78 is 0. The molecule has 0 aliphatic carbocycles. The van der Waals surface area contributed by atoms with Crippen LogP contribution in [0.5, 0.6) is 0 Å². The lowest BCUT2D eigenvalue weighted by molar-refractivity contribution is 0.589. The number of hydrogen-bond donors (Lipinski definition) is 1. The van der Waals surface area contributed by atoms with Crippen molar-refractivity contribution in [2.45, 2.75) is 59.4 Å². The number of rotatable bonds is 4. The third-order valence-electron chi connectivity index (χ3n) is 4.23. The second-order valence-electron chi connectivity index (χ2n) is 7.65. The van der Waals surface area contributed by atoms with Crippen molar-refractivity contribution in [1.82, 2.24) is 0 Å². The van der Waals surface area contributed by atoms with Crippen LogP contribution in [0.15, 0.2) is 53.5 Å². The minimum absolute atomic E-state index is 0.205. The quantitative estimate of drug-likeness (QED) is 0.562. The highest BCUT2D eigenvalue weighted by Gasteiger charge is 2.13. The number of nitrogens with zero attached hydrogens (tertiary/aromatic N) is 1. The van der Waals surface area contributed by atoms with Crippen LogP contribution in [0.4, 0.5) is 5.69 Å². The summed E-state index contributed by atoms with van der Waals surface area (Å²) in [5.74, 6) is 0.961. The molecule has 128 valence electrons. The third-order valence-corrected chi connectivity index (χ3v) is 4.23. The van der Waals surface area contributed by atoms with Crippen LogP contribution < -0.4 is 5.32 Å². The zero-order chi connectivity index (χ0) is 17.7. The maximum atomic E-state index is 4.79. The monoisotopic (exact) mass is 322 g/mol. The van der Waals surface area contributed by atoms with Crippen LogP contribution >= 0.6 is 0 Å². The Hall–Kier alpha value is -2.09. The van der Waals surface area contributed by atoms with Crippen LogP contribution in [0.3, 0.4) is 0 Å². The second kappa shape index (κ2) is 7.65. The molecule has 0 spiro atoms. The fourth-order valence-electron chi connectivity index (χ4n) is 2.80. The lowest BCUT2D eigenvalue weighted by atomic mass is 9.86. The van der Waals surface area contributed by atoms with Gasteiger partial charge in [0.05, 0.1) is 11.9 Å². The molecule has 1 N–H and O–H groups in total. The van der Waals surface area contributed by atoms with Gasteiger partial charge in [-0.1, -0.05) is 63.2 Å². The summed E-state index contributed by atoms with van der Waals surface area (Å²) in [6.45, 7) is 13.0. The molecule has 0 fully saturated rings. The largest absolute Gasteiger partial charge is 0.344 e. The fraction of sp³-hybridized carbons (Fsp3) is 0.409. The highest BCUT2D eigenvalue weighted by molar-refractivity contribution is 5.94. The van der Waals surface area contributed by atoms with E-state index in [2.05, 4.69) is 82.4 Å². The van der Waals surface area contributed by atoms with E-state index in [9.17, 15) is 0 Å². The topological polar surface area (TPSA) is 24.4 Å². The first-order valence-electron chi connectivity index (χ1n) is 8.72. The third kappa shape index (κ3) is 5.23. The second-order valence-corrected chi connectivity index (χ2v) is 7.65. The van der Waals surface area contributed by atoms with Gasteiger partial charge in [0.2, 0.25) is 0 Å². The van der Waals surface area contributed by atoms with Gasteiger partial charge in [0.15, 0.2) is 0 Å². The van der Waals surface area contributed by atoms with E-state index in [1.165, 1.54) is 16.7 Å². The molecular formula is C22H30N2. The maximum absolute atomic E-state index is 4.79. The lowest BCUT2D eigenvalue weighted by Gasteiger charge is -2.19. The van der Waals surface area contributed by atoms with Crippen LogP contribution in [0.2, 0.25) is 0 Å². The van der Waals surface area contributed by atoms with Gasteiger partial charge in [-0.05, 0) is 55.4 Å². The molecule has 0 saturated carbocycles. The van der Waals surface area contributed by atoms with Gasteiger partial charge in [-0.3, -0.25) is 4.99 Å². The summed E-state index contributed by atoms with van der Waals surface area (Å²) in [4.78, 5) is 4.79. The number of aryl methyl sites for hydroxylation is 1. The average molecular weight is 322 g/mol. The van der Waals surface area contributed by atoms with E-state index < -0.39 is 0 Å².